The maximum Gasteiger partial charge on any atom is 0.303 e. The van der Waals surface area contributed by atoms with Crippen LogP contribution >= 0.6 is 11.6 Å². The number of carbonyl (C=O) groups is 1. The zero-order valence-corrected chi connectivity index (χ0v) is 14.5. The van der Waals surface area contributed by atoms with E-state index in [2.05, 4.69) is 4.99 Å². The number of carboxylic acids is 1. The van der Waals surface area contributed by atoms with Crippen molar-refractivity contribution in [2.24, 2.45) is 4.99 Å². The van der Waals surface area contributed by atoms with Crippen LogP contribution in [0.3, 0.4) is 0 Å². The summed E-state index contributed by atoms with van der Waals surface area (Å²) >= 11 is 6.14. The fraction of sp³-hybridized carbons (Fsp3) is 0.263. The number of phenolic OH excluding ortho intramolecular Hbond substituents is 1. The third kappa shape index (κ3) is 4.59. The minimum Gasteiger partial charge on any atom is -0.507 e. The fourth-order valence-corrected chi connectivity index (χ4v) is 2.65. The van der Waals surface area contributed by atoms with Crippen LogP contribution in [0, 0.1) is 13.8 Å². The van der Waals surface area contributed by atoms with Crippen molar-refractivity contribution in [2.75, 3.05) is 6.54 Å². The second kappa shape index (κ2) is 7.97. The lowest BCUT2D eigenvalue weighted by Gasteiger charge is -2.12. The lowest BCUT2D eigenvalue weighted by molar-refractivity contribution is -0.137. The summed E-state index contributed by atoms with van der Waals surface area (Å²) in [6, 6.07) is 11.2. The Hall–Kier alpha value is -2.33. The lowest BCUT2D eigenvalue weighted by atomic mass is 9.98. The van der Waals surface area contributed by atoms with Gasteiger partial charge in [0.05, 0.1) is 5.71 Å². The van der Waals surface area contributed by atoms with Gasteiger partial charge in [0.2, 0.25) is 0 Å². The van der Waals surface area contributed by atoms with Gasteiger partial charge in [-0.2, -0.15) is 0 Å². The Morgan fingerprint density at radius 3 is 2.46 bits per heavy atom. The number of rotatable bonds is 6. The Labute approximate surface area is 146 Å². The first kappa shape index (κ1) is 18.0. The molecule has 0 aliphatic carbocycles. The van der Waals surface area contributed by atoms with Gasteiger partial charge in [-0.3, -0.25) is 9.79 Å². The summed E-state index contributed by atoms with van der Waals surface area (Å²) in [5, 5.41) is 19.7. The van der Waals surface area contributed by atoms with Crippen molar-refractivity contribution in [3.63, 3.8) is 0 Å². The van der Waals surface area contributed by atoms with Crippen LogP contribution in [0.1, 0.15) is 35.1 Å². The largest absolute Gasteiger partial charge is 0.507 e. The van der Waals surface area contributed by atoms with Crippen LogP contribution in [-0.4, -0.2) is 28.4 Å². The van der Waals surface area contributed by atoms with E-state index in [1.165, 1.54) is 0 Å². The van der Waals surface area contributed by atoms with E-state index in [0.717, 1.165) is 11.1 Å². The molecule has 24 heavy (non-hydrogen) atoms. The van der Waals surface area contributed by atoms with Crippen molar-refractivity contribution in [3.05, 3.63) is 63.7 Å². The summed E-state index contributed by atoms with van der Waals surface area (Å²) in [6.07, 6.45) is 0.496. The number of halogens is 1. The Morgan fingerprint density at radius 1 is 1.17 bits per heavy atom. The molecule has 2 aromatic rings. The topological polar surface area (TPSA) is 69.9 Å². The molecular formula is C19H20ClNO3. The van der Waals surface area contributed by atoms with Gasteiger partial charge in [-0.15, -0.1) is 0 Å². The van der Waals surface area contributed by atoms with Gasteiger partial charge in [-0.1, -0.05) is 41.4 Å². The molecule has 0 unspecified atom stereocenters. The van der Waals surface area contributed by atoms with Gasteiger partial charge in [0, 0.05) is 29.1 Å². The zero-order chi connectivity index (χ0) is 17.7. The molecule has 0 saturated carbocycles. The van der Waals surface area contributed by atoms with Gasteiger partial charge in [0.15, 0.2) is 0 Å². The highest BCUT2D eigenvalue weighted by molar-refractivity contribution is 6.31. The summed E-state index contributed by atoms with van der Waals surface area (Å²) < 4.78 is 0. The highest BCUT2D eigenvalue weighted by Crippen LogP contribution is 2.29. The first-order valence-corrected chi connectivity index (χ1v) is 8.09. The summed E-state index contributed by atoms with van der Waals surface area (Å²) in [6.45, 7) is 4.14. The number of nitrogens with zero attached hydrogens (tertiary/aromatic N) is 1. The smallest absolute Gasteiger partial charge is 0.303 e. The lowest BCUT2D eigenvalue weighted by Crippen LogP contribution is -2.07. The molecule has 0 fully saturated rings. The molecule has 2 N–H and O–H groups in total. The highest BCUT2D eigenvalue weighted by Gasteiger charge is 2.14. The molecule has 0 aromatic heterocycles. The van der Waals surface area contributed by atoms with E-state index < -0.39 is 5.97 Å². The fourth-order valence-electron chi connectivity index (χ4n) is 2.38. The van der Waals surface area contributed by atoms with Crippen LogP contribution in [0.15, 0.2) is 41.4 Å². The predicted octanol–water partition coefficient (Wildman–Crippen LogP) is 4.36. The Balaban J connectivity index is 2.45. The number of aromatic hydroxyl groups is 1. The standard InChI is InChI=1S/C19H20ClNO3/c1-12-5-7-14(8-6-12)18(21-9-3-4-17(22)23)16-11-15(20)10-13(2)19(16)24/h5-8,10-11,24H,3-4,9H2,1-2H3,(H,22,23). The van der Waals surface area contributed by atoms with Crippen molar-refractivity contribution in [2.45, 2.75) is 26.7 Å². The second-order valence-electron chi connectivity index (χ2n) is 5.71. The summed E-state index contributed by atoms with van der Waals surface area (Å²) in [7, 11) is 0. The number of phenols is 1. The van der Waals surface area contributed by atoms with E-state index in [-0.39, 0.29) is 12.2 Å². The molecular weight excluding hydrogens is 326 g/mol. The maximum absolute atomic E-state index is 10.7. The van der Waals surface area contributed by atoms with Crippen LogP contribution in [0.4, 0.5) is 0 Å². The van der Waals surface area contributed by atoms with Gasteiger partial charge < -0.3 is 10.2 Å². The first-order chi connectivity index (χ1) is 11.4. The van der Waals surface area contributed by atoms with E-state index >= 15 is 0 Å². The number of aliphatic carboxylic acids is 1. The molecule has 2 rings (SSSR count). The van der Waals surface area contributed by atoms with Crippen molar-refractivity contribution in [1.29, 1.82) is 0 Å². The number of hydrogen-bond donors (Lipinski definition) is 2. The van der Waals surface area contributed by atoms with E-state index in [9.17, 15) is 9.90 Å². The molecule has 0 amide bonds. The maximum atomic E-state index is 10.7. The third-order valence-corrected chi connectivity index (χ3v) is 3.88. The van der Waals surface area contributed by atoms with Crippen LogP contribution in [0.5, 0.6) is 5.75 Å². The Morgan fingerprint density at radius 2 is 1.83 bits per heavy atom. The average molecular weight is 346 g/mol. The highest BCUT2D eigenvalue weighted by atomic mass is 35.5. The number of aryl methyl sites for hydroxylation is 2. The molecule has 126 valence electrons. The monoisotopic (exact) mass is 345 g/mol. The van der Waals surface area contributed by atoms with Crippen molar-refractivity contribution >= 4 is 23.3 Å². The molecule has 2 aromatic carbocycles. The van der Waals surface area contributed by atoms with Crippen LogP contribution in [0.25, 0.3) is 0 Å². The summed E-state index contributed by atoms with van der Waals surface area (Å²) in [5.74, 6) is -0.708. The van der Waals surface area contributed by atoms with Gasteiger partial charge in [0.1, 0.15) is 5.75 Å². The molecule has 0 aliphatic heterocycles. The quantitative estimate of drug-likeness (QED) is 0.603. The summed E-state index contributed by atoms with van der Waals surface area (Å²) in [5.41, 5.74) is 3.81. The van der Waals surface area contributed by atoms with Crippen molar-refractivity contribution in [1.82, 2.24) is 0 Å². The van der Waals surface area contributed by atoms with Gasteiger partial charge in [-0.25, -0.2) is 0 Å². The number of aliphatic imine (C=N–C) groups is 1. The van der Waals surface area contributed by atoms with Crippen LogP contribution in [0.2, 0.25) is 5.02 Å². The van der Waals surface area contributed by atoms with E-state index in [0.29, 0.717) is 34.8 Å². The number of hydrogen-bond acceptors (Lipinski definition) is 3. The third-order valence-electron chi connectivity index (χ3n) is 3.66. The molecule has 0 saturated heterocycles. The van der Waals surface area contributed by atoms with Crippen LogP contribution < -0.4 is 0 Å². The van der Waals surface area contributed by atoms with Crippen molar-refractivity contribution < 1.29 is 15.0 Å². The second-order valence-corrected chi connectivity index (χ2v) is 6.15. The Bertz CT molecular complexity index is 767. The molecule has 0 aliphatic rings. The molecule has 0 atom stereocenters. The van der Waals surface area contributed by atoms with Gasteiger partial charge >= 0.3 is 5.97 Å². The molecule has 5 heteroatoms. The Kier molecular flexibility index (Phi) is 5.99. The number of benzene rings is 2. The predicted molar refractivity (Wildman–Crippen MR) is 96.4 cm³/mol. The first-order valence-electron chi connectivity index (χ1n) is 7.71. The van der Waals surface area contributed by atoms with Gasteiger partial charge in [-0.05, 0) is 38.0 Å². The minimum absolute atomic E-state index is 0.0607. The molecule has 0 bridgehead atoms. The molecule has 4 nitrogen and oxygen atoms in total. The normalized spacial score (nSPS) is 11.5. The molecule has 0 radical (unpaired) electrons. The van der Waals surface area contributed by atoms with Crippen molar-refractivity contribution in [3.8, 4) is 5.75 Å². The van der Waals surface area contributed by atoms with E-state index in [1.807, 2.05) is 31.2 Å². The minimum atomic E-state index is -0.844. The average Bonchev–Trinajstić information content (AvgIpc) is 2.52. The molecule has 0 heterocycles. The SMILES string of the molecule is Cc1ccc(C(=NCCCC(=O)O)c2cc(Cl)cc(C)c2O)cc1. The van der Waals surface area contributed by atoms with Crippen LogP contribution in [-0.2, 0) is 4.79 Å². The van der Waals surface area contributed by atoms with E-state index in [4.69, 9.17) is 16.7 Å². The number of carboxylic acid groups (broad SMARTS) is 1. The summed E-state index contributed by atoms with van der Waals surface area (Å²) in [4.78, 5) is 15.2. The zero-order valence-electron chi connectivity index (χ0n) is 13.7. The van der Waals surface area contributed by atoms with Gasteiger partial charge in [0.25, 0.3) is 0 Å². The van der Waals surface area contributed by atoms with E-state index in [1.54, 1.807) is 19.1 Å². The molecule has 0 spiro atoms.